The van der Waals surface area contributed by atoms with Crippen LogP contribution < -0.4 is 5.32 Å². The second-order valence-electron chi connectivity index (χ2n) is 5.67. The fourth-order valence-electron chi connectivity index (χ4n) is 2.90. The molecule has 3 rings (SSSR count). The van der Waals surface area contributed by atoms with Crippen molar-refractivity contribution in [2.24, 2.45) is 0 Å². The number of pyridine rings is 1. The molecule has 0 bridgehead atoms. The minimum atomic E-state index is 0.217. The third-order valence-corrected chi connectivity index (χ3v) is 5.46. The first kappa shape index (κ1) is 17.7. The first-order valence-electron chi connectivity index (χ1n) is 7.68. The molecule has 3 nitrogen and oxygen atoms in total. The van der Waals surface area contributed by atoms with Crippen LogP contribution in [0.5, 0.6) is 0 Å². The molecule has 126 valence electrons. The summed E-state index contributed by atoms with van der Waals surface area (Å²) in [6.45, 7) is 0.893. The van der Waals surface area contributed by atoms with E-state index in [0.717, 1.165) is 19.4 Å². The van der Waals surface area contributed by atoms with Gasteiger partial charge in [0.1, 0.15) is 0 Å². The largest absolute Gasteiger partial charge is 0.342 e. The van der Waals surface area contributed by atoms with Crippen molar-refractivity contribution in [3.8, 4) is 0 Å². The zero-order chi connectivity index (χ0) is 17.1. The average Bonchev–Trinajstić information content (AvgIpc) is 2.60. The van der Waals surface area contributed by atoms with Gasteiger partial charge in [-0.3, -0.25) is 4.98 Å². The first-order valence-corrected chi connectivity index (χ1v) is 9.22. The summed E-state index contributed by atoms with van der Waals surface area (Å²) in [5.74, 6) is 0. The molecule has 1 aromatic heterocycles. The molecule has 24 heavy (non-hydrogen) atoms. The van der Waals surface area contributed by atoms with Gasteiger partial charge in [0.25, 0.3) is 0 Å². The quantitative estimate of drug-likeness (QED) is 0.497. The number of aromatic nitrogens is 1. The highest BCUT2D eigenvalue weighted by molar-refractivity contribution is 7.80. The number of thiocarbonyl (C=S) groups is 1. The molecule has 1 fully saturated rings. The third kappa shape index (κ3) is 3.94. The van der Waals surface area contributed by atoms with E-state index >= 15 is 0 Å². The molecule has 1 aliphatic heterocycles. The number of anilines is 1. The van der Waals surface area contributed by atoms with E-state index in [1.54, 1.807) is 18.3 Å². The standard InChI is InChI=1S/C17H16Cl3N3S/c18-12-8-14(20)15(9-13(12)19)22-17(24)23-7-2-1-5-16(23)11-4-3-6-21-10-11/h3-4,6,8-10,16H,1-2,5,7H2,(H,22,24). The van der Waals surface area contributed by atoms with Gasteiger partial charge < -0.3 is 10.2 Å². The van der Waals surface area contributed by atoms with E-state index in [0.29, 0.717) is 25.9 Å². The van der Waals surface area contributed by atoms with Crippen LogP contribution in [0.15, 0.2) is 36.7 Å². The summed E-state index contributed by atoms with van der Waals surface area (Å²) in [7, 11) is 0. The van der Waals surface area contributed by atoms with Crippen molar-refractivity contribution in [2.75, 3.05) is 11.9 Å². The van der Waals surface area contributed by atoms with Crippen molar-refractivity contribution in [1.29, 1.82) is 0 Å². The van der Waals surface area contributed by atoms with Crippen molar-refractivity contribution in [3.05, 3.63) is 57.3 Å². The maximum atomic E-state index is 6.24. The minimum absolute atomic E-state index is 0.217. The van der Waals surface area contributed by atoms with E-state index in [2.05, 4.69) is 21.3 Å². The van der Waals surface area contributed by atoms with Gasteiger partial charge in [0.15, 0.2) is 5.11 Å². The molecular formula is C17H16Cl3N3S. The summed E-state index contributed by atoms with van der Waals surface area (Å²) >= 11 is 23.9. The van der Waals surface area contributed by atoms with E-state index in [1.165, 1.54) is 12.0 Å². The number of piperidine rings is 1. The van der Waals surface area contributed by atoms with E-state index in [1.807, 2.05) is 12.3 Å². The number of likely N-dealkylation sites (tertiary alicyclic amines) is 1. The van der Waals surface area contributed by atoms with Crippen LogP contribution in [0.1, 0.15) is 30.9 Å². The zero-order valence-electron chi connectivity index (χ0n) is 12.8. The highest BCUT2D eigenvalue weighted by Crippen LogP contribution is 2.34. The number of rotatable bonds is 2. The van der Waals surface area contributed by atoms with Crippen molar-refractivity contribution in [2.45, 2.75) is 25.3 Å². The number of halogens is 3. The summed E-state index contributed by atoms with van der Waals surface area (Å²) in [5, 5.41) is 5.19. The number of hydrogen-bond acceptors (Lipinski definition) is 2. The van der Waals surface area contributed by atoms with E-state index in [9.17, 15) is 0 Å². The molecular weight excluding hydrogens is 385 g/mol. The molecule has 0 radical (unpaired) electrons. The molecule has 0 amide bonds. The molecule has 7 heteroatoms. The predicted octanol–water partition coefficient (Wildman–Crippen LogP) is 5.97. The molecule has 1 atom stereocenters. The van der Waals surface area contributed by atoms with Gasteiger partial charge in [0.05, 0.1) is 26.8 Å². The topological polar surface area (TPSA) is 28.2 Å². The summed E-state index contributed by atoms with van der Waals surface area (Å²) in [6.07, 6.45) is 7.00. The van der Waals surface area contributed by atoms with Crippen LogP contribution in [0.4, 0.5) is 5.69 Å². The van der Waals surface area contributed by atoms with Crippen LogP contribution in [-0.2, 0) is 0 Å². The second kappa shape index (κ2) is 7.87. The number of hydrogen-bond donors (Lipinski definition) is 1. The van der Waals surface area contributed by atoms with Crippen LogP contribution in [0.25, 0.3) is 0 Å². The Hall–Kier alpha value is -1.07. The Morgan fingerprint density at radius 3 is 2.71 bits per heavy atom. The van der Waals surface area contributed by atoms with Crippen LogP contribution in [0.2, 0.25) is 15.1 Å². The normalized spacial score (nSPS) is 17.6. The van der Waals surface area contributed by atoms with E-state index < -0.39 is 0 Å². The average molecular weight is 401 g/mol. The minimum Gasteiger partial charge on any atom is -0.342 e. The van der Waals surface area contributed by atoms with Crippen molar-refractivity contribution in [3.63, 3.8) is 0 Å². The van der Waals surface area contributed by atoms with Crippen molar-refractivity contribution < 1.29 is 0 Å². The Morgan fingerprint density at radius 2 is 1.96 bits per heavy atom. The summed E-state index contributed by atoms with van der Waals surface area (Å²) in [6, 6.07) is 7.57. The number of benzene rings is 1. The van der Waals surface area contributed by atoms with Gasteiger partial charge in [-0.25, -0.2) is 0 Å². The number of nitrogens with zero attached hydrogens (tertiary/aromatic N) is 2. The van der Waals surface area contributed by atoms with Gasteiger partial charge in [-0.05, 0) is 55.2 Å². The molecule has 0 spiro atoms. The highest BCUT2D eigenvalue weighted by atomic mass is 35.5. The lowest BCUT2D eigenvalue weighted by Crippen LogP contribution is -2.41. The molecule has 2 heterocycles. The zero-order valence-corrected chi connectivity index (χ0v) is 15.9. The smallest absolute Gasteiger partial charge is 0.173 e. The van der Waals surface area contributed by atoms with Gasteiger partial charge in [0.2, 0.25) is 0 Å². The molecule has 0 saturated carbocycles. The Labute approximate surface area is 161 Å². The molecule has 1 saturated heterocycles. The van der Waals surface area contributed by atoms with Crippen LogP contribution in [0, 0.1) is 0 Å². The van der Waals surface area contributed by atoms with Crippen molar-refractivity contribution >= 4 is 57.8 Å². The molecule has 1 N–H and O–H groups in total. The SMILES string of the molecule is S=C(Nc1cc(Cl)c(Cl)cc1Cl)N1CCCCC1c1cccnc1. The third-order valence-electron chi connectivity index (χ3n) is 4.08. The lowest BCUT2D eigenvalue weighted by atomic mass is 9.97. The van der Waals surface area contributed by atoms with E-state index in [4.69, 9.17) is 47.0 Å². The van der Waals surface area contributed by atoms with Gasteiger partial charge in [-0.15, -0.1) is 0 Å². The van der Waals surface area contributed by atoms with Crippen LogP contribution in [-0.4, -0.2) is 21.5 Å². The molecule has 0 aliphatic carbocycles. The fourth-order valence-corrected chi connectivity index (χ4v) is 3.82. The maximum Gasteiger partial charge on any atom is 0.173 e. The molecule has 1 aromatic carbocycles. The monoisotopic (exact) mass is 399 g/mol. The lowest BCUT2D eigenvalue weighted by Gasteiger charge is -2.38. The van der Waals surface area contributed by atoms with Gasteiger partial charge in [0, 0.05) is 18.9 Å². The summed E-state index contributed by atoms with van der Waals surface area (Å²) < 4.78 is 0. The lowest BCUT2D eigenvalue weighted by molar-refractivity contribution is 0.248. The molecule has 1 aliphatic rings. The molecule has 1 unspecified atom stereocenters. The summed E-state index contributed by atoms with van der Waals surface area (Å²) in [4.78, 5) is 6.42. The Kier molecular flexibility index (Phi) is 5.82. The Bertz CT molecular complexity index is 739. The van der Waals surface area contributed by atoms with Crippen LogP contribution in [0.3, 0.4) is 0 Å². The van der Waals surface area contributed by atoms with Gasteiger partial charge in [-0.1, -0.05) is 40.9 Å². The van der Waals surface area contributed by atoms with E-state index in [-0.39, 0.29) is 6.04 Å². The van der Waals surface area contributed by atoms with Gasteiger partial charge >= 0.3 is 0 Å². The number of nitrogens with one attached hydrogen (secondary N) is 1. The Morgan fingerprint density at radius 1 is 1.17 bits per heavy atom. The van der Waals surface area contributed by atoms with Gasteiger partial charge in [-0.2, -0.15) is 0 Å². The highest BCUT2D eigenvalue weighted by Gasteiger charge is 2.26. The Balaban J connectivity index is 1.81. The van der Waals surface area contributed by atoms with Crippen LogP contribution >= 0.6 is 47.0 Å². The fraction of sp³-hybridized carbons (Fsp3) is 0.294. The predicted molar refractivity (Wildman–Crippen MR) is 105 cm³/mol. The van der Waals surface area contributed by atoms with Crippen molar-refractivity contribution in [1.82, 2.24) is 9.88 Å². The maximum absolute atomic E-state index is 6.24. The second-order valence-corrected chi connectivity index (χ2v) is 7.28. The summed E-state index contributed by atoms with van der Waals surface area (Å²) in [5.41, 5.74) is 1.83. The first-order chi connectivity index (χ1) is 11.6. The molecule has 2 aromatic rings.